The Morgan fingerprint density at radius 2 is 2.24 bits per heavy atom. The van der Waals surface area contributed by atoms with Crippen LogP contribution in [-0.4, -0.2) is 20.1 Å². The maximum absolute atomic E-state index is 9.65. The summed E-state index contributed by atoms with van der Waals surface area (Å²) >= 11 is 6.05. The molecule has 0 aliphatic heterocycles. The maximum Gasteiger partial charge on any atom is 0.112 e. The number of nitrogens with zero attached hydrogens (tertiary/aromatic N) is 3. The van der Waals surface area contributed by atoms with Crippen molar-refractivity contribution < 1.29 is 5.11 Å². The van der Waals surface area contributed by atoms with E-state index in [0.717, 1.165) is 11.3 Å². The highest BCUT2D eigenvalue weighted by molar-refractivity contribution is 6.31. The zero-order valence-electron chi connectivity index (χ0n) is 9.76. The smallest absolute Gasteiger partial charge is 0.112 e. The minimum Gasteiger partial charge on any atom is -0.387 e. The molecule has 17 heavy (non-hydrogen) atoms. The van der Waals surface area contributed by atoms with Crippen molar-refractivity contribution in [2.24, 2.45) is 0 Å². The third-order valence-corrected chi connectivity index (χ3v) is 3.07. The fourth-order valence-corrected chi connectivity index (χ4v) is 1.66. The predicted octanol–water partition coefficient (Wildman–Crippen LogP) is 2.67. The van der Waals surface area contributed by atoms with Crippen molar-refractivity contribution in [2.45, 2.75) is 26.4 Å². The second-order valence-corrected chi connectivity index (χ2v) is 4.35. The maximum atomic E-state index is 9.65. The minimum atomic E-state index is -0.565. The van der Waals surface area contributed by atoms with Gasteiger partial charge in [-0.05, 0) is 31.0 Å². The Labute approximate surface area is 105 Å². The molecule has 0 radical (unpaired) electrons. The highest BCUT2D eigenvalue weighted by Crippen LogP contribution is 2.20. The zero-order chi connectivity index (χ0) is 12.4. The average Bonchev–Trinajstić information content (AvgIpc) is 2.81. The largest absolute Gasteiger partial charge is 0.387 e. The molecule has 0 fully saturated rings. The van der Waals surface area contributed by atoms with Crippen LogP contribution >= 0.6 is 11.6 Å². The Hall–Kier alpha value is -1.39. The molecule has 0 spiro atoms. The lowest BCUT2D eigenvalue weighted by Gasteiger charge is -2.03. The molecule has 1 atom stereocenters. The van der Waals surface area contributed by atoms with Crippen LogP contribution in [0, 0.1) is 6.92 Å². The van der Waals surface area contributed by atoms with E-state index in [0.29, 0.717) is 17.1 Å². The molecule has 1 aromatic heterocycles. The molecule has 0 saturated heterocycles. The van der Waals surface area contributed by atoms with Gasteiger partial charge in [-0.2, -0.15) is 0 Å². The van der Waals surface area contributed by atoms with Crippen molar-refractivity contribution in [1.82, 2.24) is 15.0 Å². The predicted molar refractivity (Wildman–Crippen MR) is 66.4 cm³/mol. The van der Waals surface area contributed by atoms with Gasteiger partial charge < -0.3 is 5.11 Å². The van der Waals surface area contributed by atoms with Gasteiger partial charge in [-0.3, -0.25) is 0 Å². The van der Waals surface area contributed by atoms with Crippen LogP contribution in [0.2, 0.25) is 5.02 Å². The summed E-state index contributed by atoms with van der Waals surface area (Å²) in [6.07, 6.45) is 1.77. The van der Waals surface area contributed by atoms with E-state index in [1.807, 2.05) is 32.0 Å². The van der Waals surface area contributed by atoms with Crippen molar-refractivity contribution >= 4 is 11.6 Å². The molecule has 0 amide bonds. The van der Waals surface area contributed by atoms with Gasteiger partial charge in [0.2, 0.25) is 0 Å². The highest BCUT2D eigenvalue weighted by atomic mass is 35.5. The third kappa shape index (κ3) is 2.48. The number of halogens is 1. The van der Waals surface area contributed by atoms with Gasteiger partial charge in [-0.1, -0.05) is 29.8 Å². The first kappa shape index (κ1) is 12.1. The monoisotopic (exact) mass is 251 g/mol. The van der Waals surface area contributed by atoms with Crippen molar-refractivity contribution in [1.29, 1.82) is 0 Å². The molecule has 2 rings (SSSR count). The molecule has 5 heteroatoms. The molecule has 0 bridgehead atoms. The van der Waals surface area contributed by atoms with Gasteiger partial charge in [0, 0.05) is 5.02 Å². The Bertz CT molecular complexity index is 524. The molecule has 4 nitrogen and oxygen atoms in total. The van der Waals surface area contributed by atoms with Gasteiger partial charge in [-0.15, -0.1) is 5.10 Å². The van der Waals surface area contributed by atoms with Gasteiger partial charge in [0.25, 0.3) is 0 Å². The summed E-state index contributed by atoms with van der Waals surface area (Å²) in [7, 11) is 0. The van der Waals surface area contributed by atoms with E-state index in [2.05, 4.69) is 10.3 Å². The fraction of sp³-hybridized carbons (Fsp3) is 0.333. The summed E-state index contributed by atoms with van der Waals surface area (Å²) in [6.45, 7) is 3.84. The van der Waals surface area contributed by atoms with Gasteiger partial charge in [0.05, 0.1) is 18.0 Å². The van der Waals surface area contributed by atoms with Gasteiger partial charge >= 0.3 is 0 Å². The van der Waals surface area contributed by atoms with Gasteiger partial charge in [0.15, 0.2) is 0 Å². The van der Waals surface area contributed by atoms with E-state index in [1.165, 1.54) is 0 Å². The van der Waals surface area contributed by atoms with E-state index >= 15 is 0 Å². The zero-order valence-corrected chi connectivity index (χ0v) is 10.5. The Morgan fingerprint density at radius 3 is 2.88 bits per heavy atom. The van der Waals surface area contributed by atoms with Crippen molar-refractivity contribution in [3.05, 3.63) is 40.7 Å². The fourth-order valence-electron chi connectivity index (χ4n) is 1.49. The number of aromatic nitrogens is 3. The molecular weight excluding hydrogens is 238 g/mol. The second-order valence-electron chi connectivity index (χ2n) is 3.95. The van der Waals surface area contributed by atoms with Crippen molar-refractivity contribution in [3.8, 4) is 5.69 Å². The second kappa shape index (κ2) is 4.85. The lowest BCUT2D eigenvalue weighted by Crippen LogP contribution is -1.95. The number of benzene rings is 1. The summed E-state index contributed by atoms with van der Waals surface area (Å²) in [5.74, 6) is 0. The van der Waals surface area contributed by atoms with Crippen LogP contribution in [0.25, 0.3) is 5.69 Å². The average molecular weight is 252 g/mol. The Kier molecular flexibility index (Phi) is 3.45. The SMILES string of the molecule is CCC(O)c1cn(-c2ccc(C)c(Cl)c2)nn1. The molecule has 0 saturated carbocycles. The number of hydrogen-bond acceptors (Lipinski definition) is 3. The molecule has 0 aliphatic carbocycles. The summed E-state index contributed by atoms with van der Waals surface area (Å²) in [4.78, 5) is 0. The van der Waals surface area contributed by atoms with Crippen molar-refractivity contribution in [3.63, 3.8) is 0 Å². The van der Waals surface area contributed by atoms with E-state index in [4.69, 9.17) is 11.6 Å². The van der Waals surface area contributed by atoms with Gasteiger partial charge in [-0.25, -0.2) is 4.68 Å². The summed E-state index contributed by atoms with van der Waals surface area (Å²) < 4.78 is 1.61. The quantitative estimate of drug-likeness (QED) is 0.913. The van der Waals surface area contributed by atoms with Crippen LogP contribution in [0.3, 0.4) is 0 Å². The lowest BCUT2D eigenvalue weighted by molar-refractivity contribution is 0.169. The summed E-state index contributed by atoms with van der Waals surface area (Å²) in [5, 5.41) is 18.2. The first-order chi connectivity index (χ1) is 8.11. The van der Waals surface area contributed by atoms with Crippen LogP contribution in [0.4, 0.5) is 0 Å². The number of aliphatic hydroxyl groups is 1. The summed E-state index contributed by atoms with van der Waals surface area (Å²) in [5.41, 5.74) is 2.43. The topological polar surface area (TPSA) is 50.9 Å². The van der Waals surface area contributed by atoms with Crippen LogP contribution in [0.5, 0.6) is 0 Å². The molecule has 1 unspecified atom stereocenters. The Morgan fingerprint density at radius 1 is 1.47 bits per heavy atom. The van der Waals surface area contributed by atoms with Crippen LogP contribution in [-0.2, 0) is 0 Å². The van der Waals surface area contributed by atoms with Crippen molar-refractivity contribution in [2.75, 3.05) is 0 Å². The molecule has 0 aliphatic rings. The molecular formula is C12H14ClN3O. The highest BCUT2D eigenvalue weighted by Gasteiger charge is 2.10. The first-order valence-corrected chi connectivity index (χ1v) is 5.86. The molecule has 1 N–H and O–H groups in total. The van der Waals surface area contributed by atoms with E-state index in [-0.39, 0.29) is 0 Å². The number of hydrogen-bond donors (Lipinski definition) is 1. The van der Waals surface area contributed by atoms with E-state index in [9.17, 15) is 5.11 Å². The third-order valence-electron chi connectivity index (χ3n) is 2.66. The molecule has 1 heterocycles. The van der Waals surface area contributed by atoms with E-state index < -0.39 is 6.10 Å². The molecule has 1 aromatic carbocycles. The number of rotatable bonds is 3. The van der Waals surface area contributed by atoms with Crippen LogP contribution in [0.1, 0.15) is 30.7 Å². The lowest BCUT2D eigenvalue weighted by atomic mass is 10.2. The van der Waals surface area contributed by atoms with Crippen LogP contribution < -0.4 is 0 Å². The first-order valence-electron chi connectivity index (χ1n) is 5.48. The molecule has 90 valence electrons. The Balaban J connectivity index is 2.33. The number of aliphatic hydroxyl groups excluding tert-OH is 1. The van der Waals surface area contributed by atoms with Gasteiger partial charge in [0.1, 0.15) is 5.69 Å². The number of aryl methyl sites for hydroxylation is 1. The standard InChI is InChI=1S/C12H14ClN3O/c1-3-12(17)11-7-16(15-14-11)9-5-4-8(2)10(13)6-9/h4-7,12,17H,3H2,1-2H3. The van der Waals surface area contributed by atoms with E-state index in [1.54, 1.807) is 10.9 Å². The minimum absolute atomic E-state index is 0.565. The molecule has 2 aromatic rings. The normalized spacial score (nSPS) is 12.7. The summed E-state index contributed by atoms with van der Waals surface area (Å²) in [6, 6.07) is 5.67. The van der Waals surface area contributed by atoms with Crippen LogP contribution in [0.15, 0.2) is 24.4 Å².